The van der Waals surface area contributed by atoms with Crippen molar-refractivity contribution >= 4 is 17.6 Å². The minimum Gasteiger partial charge on any atom is -0.378 e. The van der Waals surface area contributed by atoms with Crippen molar-refractivity contribution < 1.29 is 14.3 Å². The maximum atomic E-state index is 12.7. The van der Waals surface area contributed by atoms with Crippen molar-refractivity contribution in [2.45, 2.75) is 19.5 Å². The van der Waals surface area contributed by atoms with Crippen molar-refractivity contribution in [1.82, 2.24) is 14.7 Å². The zero-order valence-corrected chi connectivity index (χ0v) is 17.2. The first-order valence-corrected chi connectivity index (χ1v) is 10.6. The van der Waals surface area contributed by atoms with E-state index in [0.717, 1.165) is 22.6 Å². The number of hydrogen-bond acceptors (Lipinski definition) is 4. The van der Waals surface area contributed by atoms with E-state index in [1.165, 1.54) is 0 Å². The van der Waals surface area contributed by atoms with Crippen molar-refractivity contribution in [3.63, 3.8) is 0 Å². The number of carbonyl (C=O) groups is 2. The topological polar surface area (TPSA) is 67.7 Å². The van der Waals surface area contributed by atoms with E-state index in [4.69, 9.17) is 9.84 Å². The van der Waals surface area contributed by atoms with Crippen LogP contribution in [0, 0.1) is 0 Å². The Bertz CT molecular complexity index is 1090. The number of nitrogens with zero attached hydrogens (tertiary/aromatic N) is 4. The zero-order valence-electron chi connectivity index (χ0n) is 17.2. The molecule has 0 bridgehead atoms. The molecular weight excluding hydrogens is 392 g/mol. The van der Waals surface area contributed by atoms with Gasteiger partial charge < -0.3 is 9.64 Å². The fourth-order valence-electron chi connectivity index (χ4n) is 4.06. The summed E-state index contributed by atoms with van der Waals surface area (Å²) in [7, 11) is 0. The number of amides is 2. The summed E-state index contributed by atoms with van der Waals surface area (Å²) in [5, 5.41) is 4.70. The molecule has 2 aromatic carbocycles. The third-order valence-electron chi connectivity index (χ3n) is 5.78. The first-order chi connectivity index (χ1) is 15.2. The molecular formula is C24H24N4O3. The van der Waals surface area contributed by atoms with Gasteiger partial charge in [-0.2, -0.15) is 5.10 Å². The third kappa shape index (κ3) is 3.96. The van der Waals surface area contributed by atoms with Gasteiger partial charge in [0.1, 0.15) is 5.82 Å². The highest BCUT2D eigenvalue weighted by Gasteiger charge is 2.27. The molecule has 2 aliphatic heterocycles. The highest BCUT2D eigenvalue weighted by Crippen LogP contribution is 2.29. The van der Waals surface area contributed by atoms with Crippen LogP contribution in [0.2, 0.25) is 0 Å². The lowest BCUT2D eigenvalue weighted by atomic mass is 10.1. The van der Waals surface area contributed by atoms with Crippen LogP contribution in [0.3, 0.4) is 0 Å². The van der Waals surface area contributed by atoms with Gasteiger partial charge in [-0.25, -0.2) is 4.68 Å². The van der Waals surface area contributed by atoms with Crippen LogP contribution in [0.25, 0.3) is 11.3 Å². The Hall–Kier alpha value is -3.45. The number of hydrogen-bond donors (Lipinski definition) is 0. The molecule has 7 nitrogen and oxygen atoms in total. The van der Waals surface area contributed by atoms with Gasteiger partial charge in [0, 0.05) is 36.7 Å². The van der Waals surface area contributed by atoms with Crippen molar-refractivity contribution in [3.05, 3.63) is 71.8 Å². The maximum absolute atomic E-state index is 12.7. The summed E-state index contributed by atoms with van der Waals surface area (Å²) >= 11 is 0. The molecule has 2 aliphatic rings. The molecule has 0 saturated carbocycles. The Morgan fingerprint density at radius 1 is 0.968 bits per heavy atom. The molecule has 0 atom stereocenters. The lowest BCUT2D eigenvalue weighted by Gasteiger charge is -2.28. The van der Waals surface area contributed by atoms with Crippen LogP contribution in [0.5, 0.6) is 0 Å². The minimum absolute atomic E-state index is 0.0227. The summed E-state index contributed by atoms with van der Waals surface area (Å²) in [4.78, 5) is 28.9. The molecule has 0 radical (unpaired) electrons. The molecule has 5 rings (SSSR count). The fourth-order valence-corrected chi connectivity index (χ4v) is 4.06. The number of rotatable bonds is 4. The maximum Gasteiger partial charge on any atom is 0.254 e. The lowest BCUT2D eigenvalue weighted by molar-refractivity contribution is -0.119. The number of aryl methyl sites for hydroxylation is 1. The van der Waals surface area contributed by atoms with E-state index in [0.29, 0.717) is 51.4 Å². The quantitative estimate of drug-likeness (QED) is 0.656. The monoisotopic (exact) mass is 416 g/mol. The molecule has 3 aromatic rings. The standard InChI is InChI=1S/C24H24N4O3/c29-23-10-11-28-22(16-21(25-28)19-4-2-1-3-5-19)27(23)17-18-6-8-20(9-7-18)24(30)26-12-14-31-15-13-26/h1-9,16H,10-15,17H2. The Morgan fingerprint density at radius 2 is 1.71 bits per heavy atom. The SMILES string of the molecule is O=C(c1ccc(CN2C(=O)CCn3nc(-c4ccccc4)cc32)cc1)N1CCOCC1. The van der Waals surface area contributed by atoms with Gasteiger partial charge >= 0.3 is 0 Å². The van der Waals surface area contributed by atoms with Crippen LogP contribution in [-0.4, -0.2) is 52.8 Å². The van der Waals surface area contributed by atoms with E-state index < -0.39 is 0 Å². The Labute approximate surface area is 180 Å². The molecule has 3 heterocycles. The van der Waals surface area contributed by atoms with E-state index in [1.54, 1.807) is 4.90 Å². The van der Waals surface area contributed by atoms with Crippen LogP contribution in [0.15, 0.2) is 60.7 Å². The van der Waals surface area contributed by atoms with Crippen molar-refractivity contribution in [2.75, 3.05) is 31.2 Å². The number of fused-ring (bicyclic) bond motifs is 1. The summed E-state index contributed by atoms with van der Waals surface area (Å²) in [6.45, 7) is 3.45. The summed E-state index contributed by atoms with van der Waals surface area (Å²) in [5.74, 6) is 0.915. The van der Waals surface area contributed by atoms with Gasteiger partial charge in [-0.1, -0.05) is 42.5 Å². The lowest BCUT2D eigenvalue weighted by Crippen LogP contribution is -2.40. The minimum atomic E-state index is 0.0227. The Morgan fingerprint density at radius 3 is 2.45 bits per heavy atom. The highest BCUT2D eigenvalue weighted by atomic mass is 16.5. The number of anilines is 1. The molecule has 1 saturated heterocycles. The molecule has 1 aromatic heterocycles. The Kier molecular flexibility index (Phi) is 5.26. The first kappa shape index (κ1) is 19.5. The molecule has 0 spiro atoms. The number of carbonyl (C=O) groups excluding carboxylic acids is 2. The summed E-state index contributed by atoms with van der Waals surface area (Å²) in [5.41, 5.74) is 3.53. The normalized spacial score (nSPS) is 16.3. The number of benzene rings is 2. The van der Waals surface area contributed by atoms with Crippen molar-refractivity contribution in [2.24, 2.45) is 0 Å². The van der Waals surface area contributed by atoms with Crippen LogP contribution in [0.4, 0.5) is 5.82 Å². The molecule has 1 fully saturated rings. The molecule has 7 heteroatoms. The van der Waals surface area contributed by atoms with Gasteiger partial charge in [-0.3, -0.25) is 14.5 Å². The van der Waals surface area contributed by atoms with E-state index in [1.807, 2.05) is 70.2 Å². The molecule has 31 heavy (non-hydrogen) atoms. The van der Waals surface area contributed by atoms with Crippen LogP contribution >= 0.6 is 0 Å². The van der Waals surface area contributed by atoms with E-state index in [2.05, 4.69) is 0 Å². The van der Waals surface area contributed by atoms with Gasteiger partial charge in [0.25, 0.3) is 5.91 Å². The first-order valence-electron chi connectivity index (χ1n) is 10.6. The van der Waals surface area contributed by atoms with Gasteiger partial charge in [0.05, 0.1) is 32.0 Å². The van der Waals surface area contributed by atoms with Crippen molar-refractivity contribution in [1.29, 1.82) is 0 Å². The predicted molar refractivity (Wildman–Crippen MR) is 117 cm³/mol. The second kappa shape index (κ2) is 8.35. The van der Waals surface area contributed by atoms with Gasteiger partial charge in [-0.15, -0.1) is 0 Å². The van der Waals surface area contributed by atoms with Gasteiger partial charge in [0.15, 0.2) is 0 Å². The third-order valence-corrected chi connectivity index (χ3v) is 5.78. The summed E-state index contributed by atoms with van der Waals surface area (Å²) in [6.07, 6.45) is 0.427. The number of aromatic nitrogens is 2. The average Bonchev–Trinajstić information content (AvgIpc) is 3.27. The van der Waals surface area contributed by atoms with Crippen LogP contribution in [0.1, 0.15) is 22.3 Å². The Balaban J connectivity index is 1.35. The van der Waals surface area contributed by atoms with Gasteiger partial charge in [0.2, 0.25) is 5.91 Å². The van der Waals surface area contributed by atoms with E-state index in [-0.39, 0.29) is 11.8 Å². The summed E-state index contributed by atoms with van der Waals surface area (Å²) < 4.78 is 7.22. The smallest absolute Gasteiger partial charge is 0.254 e. The van der Waals surface area contributed by atoms with Gasteiger partial charge in [-0.05, 0) is 17.7 Å². The zero-order chi connectivity index (χ0) is 21.2. The average molecular weight is 416 g/mol. The van der Waals surface area contributed by atoms with Crippen LogP contribution < -0.4 is 4.90 Å². The fraction of sp³-hybridized carbons (Fsp3) is 0.292. The van der Waals surface area contributed by atoms with Crippen molar-refractivity contribution in [3.8, 4) is 11.3 Å². The highest BCUT2D eigenvalue weighted by molar-refractivity contribution is 5.95. The molecule has 0 N–H and O–H groups in total. The molecule has 0 unspecified atom stereocenters. The van der Waals surface area contributed by atoms with Crippen LogP contribution in [-0.2, 0) is 22.6 Å². The second-order valence-electron chi connectivity index (χ2n) is 7.81. The second-order valence-corrected chi connectivity index (χ2v) is 7.81. The number of ether oxygens (including phenoxy) is 1. The largest absolute Gasteiger partial charge is 0.378 e. The predicted octanol–water partition coefficient (Wildman–Crippen LogP) is 2.96. The molecule has 0 aliphatic carbocycles. The van der Waals surface area contributed by atoms with E-state index in [9.17, 15) is 9.59 Å². The molecule has 2 amide bonds. The summed E-state index contributed by atoms with van der Waals surface area (Å²) in [6, 6.07) is 19.5. The van der Waals surface area contributed by atoms with E-state index >= 15 is 0 Å². The molecule has 158 valence electrons. The number of morpholine rings is 1.